The number of halogens is 1. The van der Waals surface area contributed by atoms with Crippen molar-refractivity contribution in [3.05, 3.63) is 102 Å². The van der Waals surface area contributed by atoms with E-state index >= 15 is 0 Å². The molecule has 4 rings (SSSR count). The molecule has 2 N–H and O–H groups in total. The van der Waals surface area contributed by atoms with Gasteiger partial charge in [-0.05, 0) is 65.9 Å². The summed E-state index contributed by atoms with van der Waals surface area (Å²) in [5.41, 5.74) is 3.63. The molecule has 0 radical (unpaired) electrons. The molecule has 5 nitrogen and oxygen atoms in total. The van der Waals surface area contributed by atoms with E-state index in [-0.39, 0.29) is 24.6 Å². The van der Waals surface area contributed by atoms with Crippen LogP contribution < -0.4 is 10.1 Å². The van der Waals surface area contributed by atoms with E-state index in [1.807, 2.05) is 24.3 Å². The van der Waals surface area contributed by atoms with Crippen molar-refractivity contribution in [3.63, 3.8) is 0 Å². The highest BCUT2D eigenvalue weighted by molar-refractivity contribution is 5.85. The first-order valence-corrected chi connectivity index (χ1v) is 12.0. The number of β-amino-alcohol motifs (C(OH)–C–C–N with tert-alkyl or cyclic N) is 1. The smallest absolute Gasteiger partial charge is 0.150 e. The van der Waals surface area contributed by atoms with Gasteiger partial charge < -0.3 is 15.2 Å². The second-order valence-electron chi connectivity index (χ2n) is 9.65. The van der Waals surface area contributed by atoms with Crippen molar-refractivity contribution in [1.82, 2.24) is 5.32 Å². The Morgan fingerprint density at radius 1 is 0.973 bits per heavy atom. The first kappa shape index (κ1) is 27.9. The van der Waals surface area contributed by atoms with Gasteiger partial charge in [0.2, 0.25) is 0 Å². The van der Waals surface area contributed by atoms with Gasteiger partial charge in [-0.3, -0.25) is 4.79 Å². The number of fused-ring (bicyclic) bond motifs is 1. The number of aliphatic hydroxyl groups is 1. The second kappa shape index (κ2) is 12.5. The van der Waals surface area contributed by atoms with Gasteiger partial charge in [0, 0.05) is 17.6 Å². The van der Waals surface area contributed by atoms with E-state index in [1.54, 1.807) is 30.3 Å². The molecular weight excluding hydrogens is 484 g/mol. The van der Waals surface area contributed by atoms with Crippen LogP contribution in [-0.2, 0) is 6.42 Å². The molecule has 0 spiro atoms. The molecule has 37 heavy (non-hydrogen) atoms. The number of nitrogens with zero attached hydrogens (tertiary/aromatic N) is 1. The van der Waals surface area contributed by atoms with Crippen LogP contribution in [-0.4, -0.2) is 36.2 Å². The SMILES string of the molecule is CC(C)(Cc1ccc2ccccc2c1)NCC(O)COc1ccc(-c2cccc(C=O)c2)cc1C#N.Cl. The van der Waals surface area contributed by atoms with Gasteiger partial charge in [0.25, 0.3) is 0 Å². The quantitative estimate of drug-likeness (QED) is 0.255. The summed E-state index contributed by atoms with van der Waals surface area (Å²) in [6.45, 7) is 4.65. The van der Waals surface area contributed by atoms with Gasteiger partial charge in [0.1, 0.15) is 30.8 Å². The van der Waals surface area contributed by atoms with E-state index in [1.165, 1.54) is 16.3 Å². The number of benzene rings is 4. The van der Waals surface area contributed by atoms with Gasteiger partial charge in [-0.1, -0.05) is 66.7 Å². The van der Waals surface area contributed by atoms with Crippen molar-refractivity contribution in [2.24, 2.45) is 0 Å². The van der Waals surface area contributed by atoms with Crippen molar-refractivity contribution in [2.45, 2.75) is 31.9 Å². The zero-order valence-corrected chi connectivity index (χ0v) is 21.8. The predicted octanol–water partition coefficient (Wildman–Crippen LogP) is 5.96. The monoisotopic (exact) mass is 514 g/mol. The molecule has 1 unspecified atom stereocenters. The third-order valence-corrected chi connectivity index (χ3v) is 6.16. The zero-order valence-electron chi connectivity index (χ0n) is 21.0. The molecule has 190 valence electrons. The number of hydrogen-bond acceptors (Lipinski definition) is 5. The highest BCUT2D eigenvalue weighted by Crippen LogP contribution is 2.27. The van der Waals surface area contributed by atoms with Gasteiger partial charge in [-0.25, -0.2) is 0 Å². The van der Waals surface area contributed by atoms with E-state index in [2.05, 4.69) is 55.6 Å². The van der Waals surface area contributed by atoms with Crippen LogP contribution in [0.3, 0.4) is 0 Å². The van der Waals surface area contributed by atoms with E-state index in [4.69, 9.17) is 4.74 Å². The van der Waals surface area contributed by atoms with Crippen molar-refractivity contribution in [3.8, 4) is 22.9 Å². The summed E-state index contributed by atoms with van der Waals surface area (Å²) in [5, 5.41) is 26.0. The molecule has 0 saturated heterocycles. The molecule has 0 aliphatic carbocycles. The van der Waals surface area contributed by atoms with Crippen LogP contribution in [0.2, 0.25) is 0 Å². The summed E-state index contributed by atoms with van der Waals surface area (Å²) in [5.74, 6) is 0.419. The van der Waals surface area contributed by atoms with E-state index in [0.717, 1.165) is 23.8 Å². The van der Waals surface area contributed by atoms with Crippen molar-refractivity contribution in [2.75, 3.05) is 13.2 Å². The van der Waals surface area contributed by atoms with Gasteiger partial charge in [-0.15, -0.1) is 12.4 Å². The van der Waals surface area contributed by atoms with Crippen LogP contribution in [0.25, 0.3) is 21.9 Å². The van der Waals surface area contributed by atoms with Crippen molar-refractivity contribution in [1.29, 1.82) is 5.26 Å². The summed E-state index contributed by atoms with van der Waals surface area (Å²) >= 11 is 0. The Hall–Kier alpha value is -3.69. The van der Waals surface area contributed by atoms with Gasteiger partial charge >= 0.3 is 0 Å². The van der Waals surface area contributed by atoms with Crippen molar-refractivity contribution >= 4 is 29.5 Å². The topological polar surface area (TPSA) is 82.3 Å². The van der Waals surface area contributed by atoms with Crippen LogP contribution >= 0.6 is 12.4 Å². The maximum Gasteiger partial charge on any atom is 0.150 e. The lowest BCUT2D eigenvalue weighted by Gasteiger charge is -2.28. The van der Waals surface area contributed by atoms with Crippen LogP contribution in [0.5, 0.6) is 5.75 Å². The third-order valence-electron chi connectivity index (χ3n) is 6.16. The summed E-state index contributed by atoms with van der Waals surface area (Å²) in [4.78, 5) is 11.1. The molecule has 1 atom stereocenters. The zero-order chi connectivity index (χ0) is 25.5. The fourth-order valence-electron chi connectivity index (χ4n) is 4.27. The lowest BCUT2D eigenvalue weighted by atomic mass is 9.93. The minimum Gasteiger partial charge on any atom is -0.489 e. The molecule has 4 aromatic carbocycles. The number of carbonyl (C=O) groups excluding carboxylic acids is 1. The van der Waals surface area contributed by atoms with Crippen LogP contribution in [0.15, 0.2) is 84.9 Å². The Balaban J connectivity index is 0.00000380. The molecule has 6 heteroatoms. The molecule has 0 heterocycles. The number of rotatable bonds is 10. The first-order chi connectivity index (χ1) is 17.4. The minimum absolute atomic E-state index is 0. The van der Waals surface area contributed by atoms with E-state index in [9.17, 15) is 15.2 Å². The standard InChI is InChI=1S/C31H30N2O3.ClH/c1-31(2,17-22-10-11-24-7-3-4-8-25(24)14-22)33-19-29(35)21-36-30-13-12-27(16-28(30)18-32)26-9-5-6-23(15-26)20-34;/h3-16,20,29,33,35H,17,19,21H2,1-2H3;1H. The Kier molecular flexibility index (Phi) is 9.43. The molecule has 0 saturated carbocycles. The Bertz CT molecular complexity index is 1410. The average Bonchev–Trinajstić information content (AvgIpc) is 2.90. The normalized spacial score (nSPS) is 11.8. The highest BCUT2D eigenvalue weighted by atomic mass is 35.5. The minimum atomic E-state index is -0.739. The van der Waals surface area contributed by atoms with Gasteiger partial charge in [-0.2, -0.15) is 5.26 Å². The number of nitriles is 1. The molecule has 0 aliphatic rings. The fraction of sp³-hybridized carbons (Fsp3) is 0.226. The molecule has 4 aromatic rings. The van der Waals surface area contributed by atoms with Crippen LogP contribution in [0.4, 0.5) is 0 Å². The summed E-state index contributed by atoms with van der Waals surface area (Å²) in [7, 11) is 0. The number of carbonyl (C=O) groups is 1. The molecule has 0 aliphatic heterocycles. The summed E-state index contributed by atoms with van der Waals surface area (Å²) < 4.78 is 5.79. The largest absolute Gasteiger partial charge is 0.489 e. The third kappa shape index (κ3) is 7.41. The Morgan fingerprint density at radius 3 is 2.49 bits per heavy atom. The molecule has 0 aromatic heterocycles. The van der Waals surface area contributed by atoms with Gasteiger partial charge in [0.05, 0.1) is 5.56 Å². The molecule has 0 fully saturated rings. The summed E-state index contributed by atoms with van der Waals surface area (Å²) in [6.07, 6.45) is 0.873. The van der Waals surface area contributed by atoms with E-state index in [0.29, 0.717) is 23.4 Å². The van der Waals surface area contributed by atoms with Crippen LogP contribution in [0, 0.1) is 11.3 Å². The second-order valence-corrected chi connectivity index (χ2v) is 9.65. The maximum absolute atomic E-state index is 11.1. The number of ether oxygens (including phenoxy) is 1. The molecule has 0 bridgehead atoms. The first-order valence-electron chi connectivity index (χ1n) is 12.0. The summed E-state index contributed by atoms with van der Waals surface area (Å²) in [6, 6.07) is 29.5. The fourth-order valence-corrected chi connectivity index (χ4v) is 4.27. The maximum atomic E-state index is 11.1. The number of aldehydes is 1. The lowest BCUT2D eigenvalue weighted by molar-refractivity contribution is 0.0987. The Morgan fingerprint density at radius 2 is 1.73 bits per heavy atom. The van der Waals surface area contributed by atoms with E-state index < -0.39 is 6.10 Å². The van der Waals surface area contributed by atoms with Crippen molar-refractivity contribution < 1.29 is 14.6 Å². The number of nitrogens with one attached hydrogen (secondary N) is 1. The molecular formula is C31H31ClN2O3. The molecule has 0 amide bonds. The van der Waals surface area contributed by atoms with Gasteiger partial charge in [0.15, 0.2) is 0 Å². The van der Waals surface area contributed by atoms with Crippen LogP contribution in [0.1, 0.15) is 35.3 Å². The Labute approximate surface area is 224 Å². The average molecular weight is 515 g/mol. The predicted molar refractivity (Wildman–Crippen MR) is 150 cm³/mol. The number of aliphatic hydroxyl groups excluding tert-OH is 1. The number of hydrogen-bond donors (Lipinski definition) is 2. The highest BCUT2D eigenvalue weighted by Gasteiger charge is 2.20. The lowest BCUT2D eigenvalue weighted by Crippen LogP contribution is -2.46.